The molecule has 0 amide bonds. The van der Waals surface area contributed by atoms with Crippen molar-refractivity contribution in [2.75, 3.05) is 13.2 Å². The molecule has 0 aliphatic heterocycles. The van der Waals surface area contributed by atoms with Gasteiger partial charge in [-0.25, -0.2) is 8.42 Å². The van der Waals surface area contributed by atoms with Crippen molar-refractivity contribution < 1.29 is 52.4 Å². The van der Waals surface area contributed by atoms with Crippen molar-refractivity contribution in [2.24, 2.45) is 0 Å². The Labute approximate surface area is 113 Å². The minimum Gasteiger partial charge on any atom is -0.746 e. The van der Waals surface area contributed by atoms with E-state index < -0.39 is 15.6 Å². The number of aliphatic hydroxyl groups excluding tert-OH is 1. The van der Waals surface area contributed by atoms with Gasteiger partial charge in [0.2, 0.25) is 0 Å². The monoisotopic (exact) mass is 248 g/mol. The molecule has 0 saturated heterocycles. The minimum absolute atomic E-state index is 0. The molecule has 0 heterocycles. The van der Waals surface area contributed by atoms with E-state index in [1.54, 1.807) is 0 Å². The summed E-state index contributed by atoms with van der Waals surface area (Å²) in [6.45, 7) is 1.90. The fourth-order valence-corrected chi connectivity index (χ4v) is 1.64. The third-order valence-corrected chi connectivity index (χ3v) is 2.75. The van der Waals surface area contributed by atoms with Gasteiger partial charge in [0.15, 0.2) is 0 Å². The summed E-state index contributed by atoms with van der Waals surface area (Å²) in [5, 5.41) is 8.52. The normalized spacial score (nSPS) is 13.3. The predicted molar refractivity (Wildman–Crippen MR) is 50.7 cm³/mol. The largest absolute Gasteiger partial charge is 1.00 e. The number of unbranched alkanes of at least 4 members (excludes halogenated alkanes) is 2. The summed E-state index contributed by atoms with van der Waals surface area (Å²) in [4.78, 5) is 0. The fourth-order valence-electron chi connectivity index (χ4n) is 0.983. The van der Waals surface area contributed by atoms with E-state index in [4.69, 9.17) is 9.84 Å². The van der Waals surface area contributed by atoms with Gasteiger partial charge in [0.05, 0.1) is 0 Å². The fraction of sp³-hybridized carbons (Fsp3) is 1.00. The van der Waals surface area contributed by atoms with Gasteiger partial charge in [-0.2, -0.15) is 0 Å². The smallest absolute Gasteiger partial charge is 0.746 e. The van der Waals surface area contributed by atoms with E-state index in [1.807, 2.05) is 6.92 Å². The van der Waals surface area contributed by atoms with Crippen LogP contribution in [-0.2, 0) is 14.9 Å². The summed E-state index contributed by atoms with van der Waals surface area (Å²) in [6.07, 6.45) is 2.51. The number of ether oxygens (including phenoxy) is 1. The Balaban J connectivity index is 0. The minimum atomic E-state index is -4.45. The summed E-state index contributed by atoms with van der Waals surface area (Å²) in [6, 6.07) is 0. The molecule has 0 rings (SSSR count). The van der Waals surface area contributed by atoms with E-state index in [0.29, 0.717) is 0 Å². The van der Waals surface area contributed by atoms with E-state index in [1.165, 1.54) is 0 Å². The maximum Gasteiger partial charge on any atom is 1.00 e. The van der Waals surface area contributed by atoms with Gasteiger partial charge in [-0.05, 0) is 6.42 Å². The molecule has 86 valence electrons. The average molecular weight is 248 g/mol. The molecule has 0 aromatic rings. The molecular formula is C8H17NaO5S. The van der Waals surface area contributed by atoms with Crippen molar-refractivity contribution >= 4 is 10.1 Å². The maximum atomic E-state index is 10.6. The summed E-state index contributed by atoms with van der Waals surface area (Å²) in [7, 11) is -4.45. The van der Waals surface area contributed by atoms with Gasteiger partial charge in [0.1, 0.15) is 15.6 Å². The van der Waals surface area contributed by atoms with Crippen LogP contribution >= 0.6 is 0 Å². The predicted octanol–water partition coefficient (Wildman–Crippen LogP) is -2.55. The second-order valence-corrected chi connectivity index (χ2v) is 4.52. The molecule has 0 aromatic carbocycles. The van der Waals surface area contributed by atoms with Gasteiger partial charge in [-0.15, -0.1) is 0 Å². The van der Waals surface area contributed by atoms with Crippen LogP contribution in [0.25, 0.3) is 0 Å². The molecule has 0 radical (unpaired) electrons. The summed E-state index contributed by atoms with van der Waals surface area (Å²) in [5.74, 6) is 0. The molecule has 7 heteroatoms. The maximum absolute atomic E-state index is 10.6. The molecule has 1 atom stereocenters. The first-order chi connectivity index (χ1) is 6.52. The molecule has 0 saturated carbocycles. The van der Waals surface area contributed by atoms with Crippen LogP contribution in [0, 0.1) is 0 Å². The zero-order valence-corrected chi connectivity index (χ0v) is 12.1. The van der Waals surface area contributed by atoms with Crippen LogP contribution in [0.5, 0.6) is 0 Å². The van der Waals surface area contributed by atoms with Gasteiger partial charge >= 0.3 is 29.6 Å². The van der Waals surface area contributed by atoms with Crippen LogP contribution in [0.15, 0.2) is 0 Å². The molecule has 0 aliphatic carbocycles. The van der Waals surface area contributed by atoms with Crippen LogP contribution in [0.4, 0.5) is 0 Å². The van der Waals surface area contributed by atoms with E-state index in [9.17, 15) is 13.0 Å². The van der Waals surface area contributed by atoms with Crippen LogP contribution in [-0.4, -0.2) is 36.7 Å². The molecule has 1 unspecified atom stereocenters. The zero-order valence-electron chi connectivity index (χ0n) is 9.31. The Kier molecular flexibility index (Phi) is 12.2. The summed E-state index contributed by atoms with van der Waals surface area (Å²) in [5.41, 5.74) is -1.40. The Bertz CT molecular complexity index is 229. The molecule has 1 N–H and O–H groups in total. The topological polar surface area (TPSA) is 86.7 Å². The quantitative estimate of drug-likeness (QED) is 0.290. The number of aliphatic hydroxyl groups is 1. The van der Waals surface area contributed by atoms with Crippen LogP contribution in [0.2, 0.25) is 0 Å². The Morgan fingerprint density at radius 3 is 2.40 bits per heavy atom. The van der Waals surface area contributed by atoms with Crippen molar-refractivity contribution in [1.29, 1.82) is 0 Å². The molecule has 0 fully saturated rings. The molecular weight excluding hydrogens is 231 g/mol. The van der Waals surface area contributed by atoms with Crippen molar-refractivity contribution in [1.82, 2.24) is 0 Å². The van der Waals surface area contributed by atoms with Crippen LogP contribution < -0.4 is 29.6 Å². The van der Waals surface area contributed by atoms with Gasteiger partial charge < -0.3 is 14.4 Å². The van der Waals surface area contributed by atoms with E-state index in [0.717, 1.165) is 19.3 Å². The number of hydrogen-bond acceptors (Lipinski definition) is 5. The van der Waals surface area contributed by atoms with Crippen molar-refractivity contribution in [3.63, 3.8) is 0 Å². The van der Waals surface area contributed by atoms with Crippen LogP contribution in [0.3, 0.4) is 0 Å². The Hall–Kier alpha value is 0.830. The first kappa shape index (κ1) is 18.2. The third-order valence-electron chi connectivity index (χ3n) is 1.74. The second-order valence-electron chi connectivity index (χ2n) is 3.01. The SMILES string of the molecule is CCCCCOC(CCO)S(=O)(=O)[O-].[Na+]. The third kappa shape index (κ3) is 9.74. The van der Waals surface area contributed by atoms with E-state index >= 15 is 0 Å². The first-order valence-electron chi connectivity index (χ1n) is 4.69. The van der Waals surface area contributed by atoms with Crippen LogP contribution in [0.1, 0.15) is 32.6 Å². The molecule has 5 nitrogen and oxygen atoms in total. The molecule has 0 bridgehead atoms. The standard InChI is InChI=1S/C8H18O5S.Na/c1-2-3-4-7-13-8(5-6-9)14(10,11)12;/h8-9H,2-7H2,1H3,(H,10,11,12);/q;+1/p-1. The molecule has 15 heavy (non-hydrogen) atoms. The van der Waals surface area contributed by atoms with Crippen molar-refractivity contribution in [2.45, 2.75) is 38.0 Å². The number of hydrogen-bond donors (Lipinski definition) is 1. The van der Waals surface area contributed by atoms with E-state index in [2.05, 4.69) is 0 Å². The van der Waals surface area contributed by atoms with Gasteiger partial charge in [-0.3, -0.25) is 0 Å². The van der Waals surface area contributed by atoms with Gasteiger partial charge in [0, 0.05) is 19.6 Å². The van der Waals surface area contributed by atoms with E-state index in [-0.39, 0.29) is 49.2 Å². The zero-order chi connectivity index (χ0) is 11.0. The summed E-state index contributed by atoms with van der Waals surface area (Å²) >= 11 is 0. The Morgan fingerprint density at radius 2 is 2.00 bits per heavy atom. The van der Waals surface area contributed by atoms with Crippen molar-refractivity contribution in [3.8, 4) is 0 Å². The average Bonchev–Trinajstić information content (AvgIpc) is 2.08. The molecule has 0 aromatic heterocycles. The molecule has 0 spiro atoms. The second kappa shape index (κ2) is 10.0. The first-order valence-corrected chi connectivity index (χ1v) is 6.16. The summed E-state index contributed by atoms with van der Waals surface area (Å²) < 4.78 is 36.7. The number of rotatable bonds is 8. The van der Waals surface area contributed by atoms with Crippen molar-refractivity contribution in [3.05, 3.63) is 0 Å². The Morgan fingerprint density at radius 1 is 1.40 bits per heavy atom. The van der Waals surface area contributed by atoms with Gasteiger partial charge in [-0.1, -0.05) is 19.8 Å². The van der Waals surface area contributed by atoms with Gasteiger partial charge in [0.25, 0.3) is 0 Å². The molecule has 0 aliphatic rings.